The third-order valence-corrected chi connectivity index (χ3v) is 2.22. The lowest BCUT2D eigenvalue weighted by Gasteiger charge is -2.10. The minimum Gasteiger partial charge on any atom is -0.397 e. The van der Waals surface area contributed by atoms with Gasteiger partial charge >= 0.3 is 0 Å². The fraction of sp³-hybridized carbons (Fsp3) is 0.455. The molecule has 0 radical (unpaired) electrons. The minimum absolute atomic E-state index is 0. The molecule has 1 rings (SSSR count). The number of benzene rings is 1. The lowest BCUT2D eigenvalue weighted by atomic mass is 10.0. The first-order valence-corrected chi connectivity index (χ1v) is 4.36. The van der Waals surface area contributed by atoms with Crippen LogP contribution in [0.4, 0.5) is 11.4 Å². The van der Waals surface area contributed by atoms with Crippen molar-refractivity contribution in [1.29, 1.82) is 0 Å². The molecule has 1 aromatic rings. The van der Waals surface area contributed by atoms with Crippen molar-refractivity contribution in [2.24, 2.45) is 0 Å². The molecule has 0 aliphatic rings. The third kappa shape index (κ3) is 2.14. The normalized spacial score (nSPS) is 9.38. The zero-order chi connectivity index (χ0) is 9.14. The number of hydrogen-bond acceptors (Lipinski definition) is 2. The largest absolute Gasteiger partial charge is 0.397 e. The molecule has 0 aliphatic carbocycles. The van der Waals surface area contributed by atoms with Gasteiger partial charge in [0.1, 0.15) is 0 Å². The second kappa shape index (κ2) is 4.75. The first kappa shape index (κ1) is 11.8. The highest BCUT2D eigenvalue weighted by molar-refractivity contribution is 5.69. The molecular weight excluding hydrogens is 160 g/mol. The smallest absolute Gasteiger partial charge is 0.0582 e. The van der Waals surface area contributed by atoms with Gasteiger partial charge in [0.25, 0.3) is 0 Å². The molecule has 0 spiro atoms. The molecule has 0 aromatic heterocycles. The van der Waals surface area contributed by atoms with Gasteiger partial charge in [-0.3, -0.25) is 0 Å². The molecule has 4 N–H and O–H groups in total. The van der Waals surface area contributed by atoms with E-state index in [4.69, 9.17) is 11.5 Å². The number of rotatable bonds is 2. The highest BCUT2D eigenvalue weighted by Gasteiger charge is 2.05. The van der Waals surface area contributed by atoms with E-state index in [1.165, 1.54) is 11.1 Å². The number of nitrogen functional groups attached to an aromatic ring is 2. The Labute approximate surface area is 80.9 Å². The van der Waals surface area contributed by atoms with E-state index in [2.05, 4.69) is 19.9 Å². The van der Waals surface area contributed by atoms with Gasteiger partial charge in [-0.1, -0.05) is 27.3 Å². The SMILES string of the molecule is C.CCc1ccc(N)c(N)c1CC. The number of nitrogens with two attached hydrogens (primary N) is 2. The molecule has 2 nitrogen and oxygen atoms in total. The van der Waals surface area contributed by atoms with Crippen LogP contribution in [-0.4, -0.2) is 0 Å². The Morgan fingerprint density at radius 3 is 2.15 bits per heavy atom. The Hall–Kier alpha value is -1.18. The molecule has 0 amide bonds. The highest BCUT2D eigenvalue weighted by atomic mass is 14.7. The Balaban J connectivity index is 0.00000144. The van der Waals surface area contributed by atoms with E-state index in [9.17, 15) is 0 Å². The van der Waals surface area contributed by atoms with Gasteiger partial charge in [0, 0.05) is 0 Å². The van der Waals surface area contributed by atoms with Crippen LogP contribution in [0.2, 0.25) is 0 Å². The maximum Gasteiger partial charge on any atom is 0.0582 e. The summed E-state index contributed by atoms with van der Waals surface area (Å²) in [4.78, 5) is 0. The topological polar surface area (TPSA) is 52.0 Å². The van der Waals surface area contributed by atoms with Crippen molar-refractivity contribution in [3.8, 4) is 0 Å². The molecule has 0 aliphatic heterocycles. The average Bonchev–Trinajstić information content (AvgIpc) is 2.09. The summed E-state index contributed by atoms with van der Waals surface area (Å²) in [5.74, 6) is 0. The average molecular weight is 180 g/mol. The predicted molar refractivity (Wildman–Crippen MR) is 60.8 cm³/mol. The number of hydrogen-bond donors (Lipinski definition) is 2. The van der Waals surface area contributed by atoms with Crippen molar-refractivity contribution < 1.29 is 0 Å². The van der Waals surface area contributed by atoms with E-state index in [1.54, 1.807) is 0 Å². The van der Waals surface area contributed by atoms with E-state index < -0.39 is 0 Å². The van der Waals surface area contributed by atoms with Gasteiger partial charge in [0.05, 0.1) is 11.4 Å². The molecule has 1 aromatic carbocycles. The van der Waals surface area contributed by atoms with Crippen molar-refractivity contribution in [3.05, 3.63) is 23.3 Å². The fourth-order valence-corrected chi connectivity index (χ4v) is 1.48. The summed E-state index contributed by atoms with van der Waals surface area (Å²) in [5.41, 5.74) is 15.5. The summed E-state index contributed by atoms with van der Waals surface area (Å²) >= 11 is 0. The van der Waals surface area contributed by atoms with Gasteiger partial charge in [-0.25, -0.2) is 0 Å². The summed E-state index contributed by atoms with van der Waals surface area (Å²) < 4.78 is 0. The monoisotopic (exact) mass is 180 g/mol. The molecule has 74 valence electrons. The first-order chi connectivity index (χ1) is 5.70. The van der Waals surface area contributed by atoms with E-state index in [1.807, 2.05) is 6.07 Å². The fourth-order valence-electron chi connectivity index (χ4n) is 1.48. The van der Waals surface area contributed by atoms with Gasteiger partial charge in [-0.2, -0.15) is 0 Å². The molecule has 2 heteroatoms. The van der Waals surface area contributed by atoms with Crippen molar-refractivity contribution >= 4 is 11.4 Å². The molecule has 0 unspecified atom stereocenters. The van der Waals surface area contributed by atoms with E-state index in [-0.39, 0.29) is 7.43 Å². The van der Waals surface area contributed by atoms with Crippen LogP contribution in [0.15, 0.2) is 12.1 Å². The van der Waals surface area contributed by atoms with E-state index in [0.717, 1.165) is 18.5 Å². The molecule has 0 saturated carbocycles. The molecule has 0 atom stereocenters. The van der Waals surface area contributed by atoms with E-state index >= 15 is 0 Å². The lowest BCUT2D eigenvalue weighted by molar-refractivity contribution is 1.04. The molecule has 0 bridgehead atoms. The molecule has 0 saturated heterocycles. The van der Waals surface area contributed by atoms with Gasteiger partial charge in [0.15, 0.2) is 0 Å². The summed E-state index contributed by atoms with van der Waals surface area (Å²) in [6.07, 6.45) is 1.98. The van der Waals surface area contributed by atoms with Crippen molar-refractivity contribution in [3.63, 3.8) is 0 Å². The van der Waals surface area contributed by atoms with Crippen LogP contribution in [0.3, 0.4) is 0 Å². The Kier molecular flexibility index (Phi) is 4.32. The van der Waals surface area contributed by atoms with Gasteiger partial charge in [-0.05, 0) is 30.0 Å². The van der Waals surface area contributed by atoms with Gasteiger partial charge in [-0.15, -0.1) is 0 Å². The highest BCUT2D eigenvalue weighted by Crippen LogP contribution is 2.24. The molecule has 0 fully saturated rings. The predicted octanol–water partition coefficient (Wildman–Crippen LogP) is 2.61. The Morgan fingerprint density at radius 2 is 1.69 bits per heavy atom. The molecular formula is C11H20N2. The molecule has 0 heterocycles. The van der Waals surface area contributed by atoms with E-state index in [0.29, 0.717) is 5.69 Å². The van der Waals surface area contributed by atoms with Crippen molar-refractivity contribution in [2.45, 2.75) is 34.1 Å². The number of aryl methyl sites for hydroxylation is 1. The van der Waals surface area contributed by atoms with Crippen LogP contribution in [-0.2, 0) is 12.8 Å². The summed E-state index contributed by atoms with van der Waals surface area (Å²) in [6.45, 7) is 4.23. The second-order valence-corrected chi connectivity index (χ2v) is 2.91. The van der Waals surface area contributed by atoms with Crippen molar-refractivity contribution in [2.75, 3.05) is 11.5 Å². The maximum absolute atomic E-state index is 5.84. The quantitative estimate of drug-likeness (QED) is 0.687. The standard InChI is InChI=1S/C10H16N2.CH4/c1-3-7-5-6-9(11)10(12)8(7)4-2;/h5-6H,3-4,11-12H2,1-2H3;1H4. The van der Waals surface area contributed by atoms with Crippen LogP contribution in [0, 0.1) is 0 Å². The summed E-state index contributed by atoms with van der Waals surface area (Å²) in [6, 6.07) is 3.94. The van der Waals surface area contributed by atoms with Crippen LogP contribution in [0.25, 0.3) is 0 Å². The Bertz CT molecular complexity index is 280. The third-order valence-electron chi connectivity index (χ3n) is 2.22. The maximum atomic E-state index is 5.84. The van der Waals surface area contributed by atoms with Crippen LogP contribution >= 0.6 is 0 Å². The Morgan fingerprint density at radius 1 is 1.08 bits per heavy atom. The van der Waals surface area contributed by atoms with Gasteiger partial charge < -0.3 is 11.5 Å². The zero-order valence-corrected chi connectivity index (χ0v) is 7.72. The lowest BCUT2D eigenvalue weighted by Crippen LogP contribution is -2.02. The zero-order valence-electron chi connectivity index (χ0n) is 7.72. The summed E-state index contributed by atoms with van der Waals surface area (Å²) in [7, 11) is 0. The van der Waals surface area contributed by atoms with Crippen molar-refractivity contribution in [1.82, 2.24) is 0 Å². The number of anilines is 2. The molecule has 13 heavy (non-hydrogen) atoms. The first-order valence-electron chi connectivity index (χ1n) is 4.36. The summed E-state index contributed by atoms with van der Waals surface area (Å²) in [5, 5.41) is 0. The second-order valence-electron chi connectivity index (χ2n) is 2.91. The minimum atomic E-state index is 0. The van der Waals surface area contributed by atoms with Gasteiger partial charge in [0.2, 0.25) is 0 Å². The van der Waals surface area contributed by atoms with Crippen LogP contribution in [0.1, 0.15) is 32.4 Å². The van der Waals surface area contributed by atoms with Crippen LogP contribution in [0.5, 0.6) is 0 Å². The van der Waals surface area contributed by atoms with Crippen LogP contribution < -0.4 is 11.5 Å².